The molecule has 0 bridgehead atoms. The van der Waals surface area contributed by atoms with Crippen LogP contribution >= 0.6 is 0 Å². The van der Waals surface area contributed by atoms with E-state index in [9.17, 15) is 9.59 Å². The van der Waals surface area contributed by atoms with E-state index < -0.39 is 5.54 Å². The fraction of sp³-hybridized carbons (Fsp3) is 0.667. The van der Waals surface area contributed by atoms with E-state index in [0.29, 0.717) is 29.9 Å². The normalized spacial score (nSPS) is 13.8. The average molecular weight is 295 g/mol. The molecule has 0 radical (unpaired) electrons. The molecule has 6 nitrogen and oxygen atoms in total. The van der Waals surface area contributed by atoms with Gasteiger partial charge in [0.2, 0.25) is 5.91 Å². The first-order chi connectivity index (χ1) is 9.81. The van der Waals surface area contributed by atoms with Gasteiger partial charge in [-0.25, -0.2) is 4.98 Å². The molecule has 3 N–H and O–H groups in total. The maximum Gasteiger partial charge on any atom is 0.254 e. The molecule has 0 aliphatic heterocycles. The molecule has 1 atom stereocenters. The van der Waals surface area contributed by atoms with Crippen molar-refractivity contribution in [2.24, 2.45) is 0 Å². The summed E-state index contributed by atoms with van der Waals surface area (Å²) in [5, 5.41) is 12.0. The maximum atomic E-state index is 12.0. The molecule has 0 saturated carbocycles. The van der Waals surface area contributed by atoms with Crippen molar-refractivity contribution in [2.75, 3.05) is 6.61 Å². The van der Waals surface area contributed by atoms with Gasteiger partial charge in [-0.2, -0.15) is 0 Å². The highest BCUT2D eigenvalue weighted by Crippen LogP contribution is 2.14. The number of aliphatic hydroxyl groups excluding tert-OH is 1. The number of amides is 1. The first-order valence-electron chi connectivity index (χ1n) is 7.29. The van der Waals surface area contributed by atoms with Gasteiger partial charge >= 0.3 is 0 Å². The molecule has 1 heterocycles. The van der Waals surface area contributed by atoms with Crippen LogP contribution in [0.25, 0.3) is 0 Å². The fourth-order valence-corrected chi connectivity index (χ4v) is 2.26. The molecule has 0 fully saturated rings. The van der Waals surface area contributed by atoms with Gasteiger partial charge in [-0.3, -0.25) is 9.59 Å². The van der Waals surface area contributed by atoms with Gasteiger partial charge in [0.1, 0.15) is 5.82 Å². The minimum atomic E-state index is -0.404. The van der Waals surface area contributed by atoms with Crippen molar-refractivity contribution < 1.29 is 9.90 Å². The van der Waals surface area contributed by atoms with Crippen molar-refractivity contribution in [3.8, 4) is 0 Å². The summed E-state index contributed by atoms with van der Waals surface area (Å²) in [6, 6.07) is 0. The van der Waals surface area contributed by atoms with Crippen molar-refractivity contribution in [3.63, 3.8) is 0 Å². The van der Waals surface area contributed by atoms with E-state index in [1.165, 1.54) is 0 Å². The van der Waals surface area contributed by atoms with Gasteiger partial charge in [-0.15, -0.1) is 0 Å². The maximum absolute atomic E-state index is 12.0. The van der Waals surface area contributed by atoms with E-state index in [-0.39, 0.29) is 24.5 Å². The number of H-pyrrole nitrogens is 1. The first kappa shape index (κ1) is 17.4. The smallest absolute Gasteiger partial charge is 0.254 e. The zero-order chi connectivity index (χ0) is 16.0. The monoisotopic (exact) mass is 295 g/mol. The molecule has 6 heteroatoms. The molecule has 0 aromatic carbocycles. The number of hydrogen-bond donors (Lipinski definition) is 3. The summed E-state index contributed by atoms with van der Waals surface area (Å²) >= 11 is 0. The lowest BCUT2D eigenvalue weighted by Gasteiger charge is -2.29. The second kappa shape index (κ2) is 7.36. The van der Waals surface area contributed by atoms with E-state index in [4.69, 9.17) is 5.11 Å². The number of aromatic nitrogens is 2. The van der Waals surface area contributed by atoms with E-state index in [1.54, 1.807) is 13.8 Å². The Balaban J connectivity index is 2.68. The van der Waals surface area contributed by atoms with E-state index >= 15 is 0 Å². The Morgan fingerprint density at radius 3 is 2.62 bits per heavy atom. The summed E-state index contributed by atoms with van der Waals surface area (Å²) in [6.07, 6.45) is 1.85. The number of nitrogens with zero attached hydrogens (tertiary/aromatic N) is 1. The van der Waals surface area contributed by atoms with Crippen LogP contribution in [0.5, 0.6) is 0 Å². The van der Waals surface area contributed by atoms with Crippen LogP contribution in [0.15, 0.2) is 4.79 Å². The molecule has 1 amide bonds. The third-order valence-corrected chi connectivity index (χ3v) is 3.83. The van der Waals surface area contributed by atoms with Crippen LogP contribution in [0, 0.1) is 13.8 Å². The van der Waals surface area contributed by atoms with Gasteiger partial charge in [0.25, 0.3) is 5.56 Å². The van der Waals surface area contributed by atoms with Crippen LogP contribution in [0.4, 0.5) is 0 Å². The minimum absolute atomic E-state index is 0.0330. The van der Waals surface area contributed by atoms with Crippen molar-refractivity contribution in [3.05, 3.63) is 27.4 Å². The Morgan fingerprint density at radius 2 is 2.10 bits per heavy atom. The lowest BCUT2D eigenvalue weighted by atomic mass is 9.94. The molecular weight excluding hydrogens is 270 g/mol. The number of aliphatic hydroxyl groups is 1. The van der Waals surface area contributed by atoms with E-state index in [0.717, 1.165) is 6.42 Å². The van der Waals surface area contributed by atoms with Gasteiger partial charge in [-0.05, 0) is 40.0 Å². The number of rotatable bonds is 7. The van der Waals surface area contributed by atoms with Gasteiger partial charge < -0.3 is 15.4 Å². The molecule has 1 rings (SSSR count). The number of carbonyl (C=O) groups excluding carboxylic acids is 1. The fourth-order valence-electron chi connectivity index (χ4n) is 2.26. The zero-order valence-electron chi connectivity index (χ0n) is 13.2. The third kappa shape index (κ3) is 4.97. The van der Waals surface area contributed by atoms with Gasteiger partial charge in [-0.1, -0.05) is 6.92 Å². The lowest BCUT2D eigenvalue weighted by Crippen LogP contribution is -2.46. The molecule has 0 aliphatic rings. The Kier molecular flexibility index (Phi) is 6.08. The standard InChI is InChI=1S/C15H25N3O3/c1-5-15(4,8-9-19)18-13(20)7-6-12-10(2)16-11(3)17-14(12)21/h19H,5-9H2,1-4H3,(H,18,20)(H,16,17,21). The topological polar surface area (TPSA) is 95.1 Å². The number of carbonyl (C=O) groups is 1. The number of aromatic amines is 1. The summed E-state index contributed by atoms with van der Waals surface area (Å²) in [6.45, 7) is 7.41. The Hall–Kier alpha value is -1.69. The molecule has 0 aliphatic carbocycles. The highest BCUT2D eigenvalue weighted by Gasteiger charge is 2.23. The van der Waals surface area contributed by atoms with Crippen LogP contribution in [-0.4, -0.2) is 33.1 Å². The molecule has 118 valence electrons. The summed E-state index contributed by atoms with van der Waals surface area (Å²) in [4.78, 5) is 30.8. The van der Waals surface area contributed by atoms with Crippen LogP contribution in [0.2, 0.25) is 0 Å². The molecule has 21 heavy (non-hydrogen) atoms. The van der Waals surface area contributed by atoms with Gasteiger partial charge in [0, 0.05) is 29.8 Å². The minimum Gasteiger partial charge on any atom is -0.396 e. The third-order valence-electron chi connectivity index (χ3n) is 3.83. The highest BCUT2D eigenvalue weighted by molar-refractivity contribution is 5.77. The number of hydrogen-bond acceptors (Lipinski definition) is 4. The van der Waals surface area contributed by atoms with Crippen LogP contribution in [0.3, 0.4) is 0 Å². The van der Waals surface area contributed by atoms with E-state index in [1.807, 2.05) is 13.8 Å². The van der Waals surface area contributed by atoms with E-state index in [2.05, 4.69) is 15.3 Å². The highest BCUT2D eigenvalue weighted by atomic mass is 16.3. The zero-order valence-corrected chi connectivity index (χ0v) is 13.2. The first-order valence-corrected chi connectivity index (χ1v) is 7.29. The molecule has 1 aromatic rings. The van der Waals surface area contributed by atoms with Crippen molar-refractivity contribution in [1.29, 1.82) is 0 Å². The molecule has 1 unspecified atom stereocenters. The van der Waals surface area contributed by atoms with Crippen molar-refractivity contribution in [2.45, 2.75) is 58.9 Å². The molecule has 0 spiro atoms. The number of aryl methyl sites for hydroxylation is 2. The molecular formula is C15H25N3O3. The van der Waals surface area contributed by atoms with Crippen LogP contribution in [-0.2, 0) is 11.2 Å². The molecule has 1 aromatic heterocycles. The predicted octanol–water partition coefficient (Wildman–Crippen LogP) is 0.987. The quantitative estimate of drug-likeness (QED) is 0.699. The summed E-state index contributed by atoms with van der Waals surface area (Å²) in [5.41, 5.74) is 0.633. The average Bonchev–Trinajstić information content (AvgIpc) is 2.37. The predicted molar refractivity (Wildman–Crippen MR) is 81.2 cm³/mol. The SMILES string of the molecule is CCC(C)(CCO)NC(=O)CCc1c(C)nc(C)[nH]c1=O. The largest absolute Gasteiger partial charge is 0.396 e. The summed E-state index contributed by atoms with van der Waals surface area (Å²) < 4.78 is 0. The second-order valence-corrected chi connectivity index (χ2v) is 5.65. The summed E-state index contributed by atoms with van der Waals surface area (Å²) in [5.74, 6) is 0.458. The Morgan fingerprint density at radius 1 is 1.43 bits per heavy atom. The van der Waals surface area contributed by atoms with Crippen molar-refractivity contribution >= 4 is 5.91 Å². The van der Waals surface area contributed by atoms with Crippen LogP contribution < -0.4 is 10.9 Å². The Bertz CT molecular complexity index is 554. The molecule has 0 saturated heterocycles. The lowest BCUT2D eigenvalue weighted by molar-refractivity contribution is -0.123. The summed E-state index contributed by atoms with van der Waals surface area (Å²) in [7, 11) is 0. The Labute approximate surface area is 125 Å². The van der Waals surface area contributed by atoms with Crippen LogP contribution in [0.1, 0.15) is 50.2 Å². The second-order valence-electron chi connectivity index (χ2n) is 5.65. The van der Waals surface area contributed by atoms with Gasteiger partial charge in [0.15, 0.2) is 0 Å². The van der Waals surface area contributed by atoms with Crippen molar-refractivity contribution in [1.82, 2.24) is 15.3 Å². The number of nitrogens with one attached hydrogen (secondary N) is 2. The van der Waals surface area contributed by atoms with Gasteiger partial charge in [0.05, 0.1) is 0 Å².